The minimum Gasteiger partial charge on any atom is -0.465 e. The SMILES string of the molecule is CCCCCC(OC)c1ccc(N2C(=O)CC(O)[C@@H]2CCCc2ccc(C(=O)OC)s2)cc1. The summed E-state index contributed by atoms with van der Waals surface area (Å²) in [7, 11) is 3.12. The third kappa shape index (κ3) is 6.43. The van der Waals surface area contributed by atoms with E-state index >= 15 is 0 Å². The van der Waals surface area contributed by atoms with Gasteiger partial charge in [-0.3, -0.25) is 4.79 Å². The van der Waals surface area contributed by atoms with Gasteiger partial charge in [-0.1, -0.05) is 38.3 Å². The lowest BCUT2D eigenvalue weighted by atomic mass is 10.0. The number of carbonyl (C=O) groups is 2. The summed E-state index contributed by atoms with van der Waals surface area (Å²) in [6.45, 7) is 2.19. The first-order valence-electron chi connectivity index (χ1n) is 11.8. The maximum Gasteiger partial charge on any atom is 0.348 e. The molecule has 0 radical (unpaired) electrons. The second-order valence-electron chi connectivity index (χ2n) is 8.56. The fraction of sp³-hybridized carbons (Fsp3) is 0.538. The van der Waals surface area contributed by atoms with E-state index in [1.165, 1.54) is 31.3 Å². The molecule has 0 spiro atoms. The molecular weight excluding hydrogens is 438 g/mol. The summed E-state index contributed by atoms with van der Waals surface area (Å²) in [6, 6.07) is 11.5. The third-order valence-electron chi connectivity index (χ3n) is 6.30. The second kappa shape index (κ2) is 12.3. The highest BCUT2D eigenvalue weighted by Crippen LogP contribution is 2.32. The molecule has 1 aliphatic heterocycles. The maximum atomic E-state index is 12.7. The van der Waals surface area contributed by atoms with E-state index in [1.807, 2.05) is 30.3 Å². The van der Waals surface area contributed by atoms with Crippen molar-refractivity contribution < 1.29 is 24.2 Å². The molecule has 180 valence electrons. The topological polar surface area (TPSA) is 76.1 Å². The van der Waals surface area contributed by atoms with E-state index in [-0.39, 0.29) is 30.4 Å². The highest BCUT2D eigenvalue weighted by Gasteiger charge is 2.39. The summed E-state index contributed by atoms with van der Waals surface area (Å²) < 4.78 is 10.4. The number of rotatable bonds is 12. The van der Waals surface area contributed by atoms with Crippen molar-refractivity contribution in [1.29, 1.82) is 0 Å². The number of unbranched alkanes of at least 4 members (excludes halogenated alkanes) is 2. The standard InChI is InChI=1S/C26H35NO5S/c1-4-5-6-10-23(31-2)18-11-13-19(14-12-18)27-21(22(28)17-25(27)29)9-7-8-20-15-16-24(33-20)26(30)32-3/h11-16,21-23,28H,4-10,17H2,1-3H3/t21-,22?,23?/m0/s1. The molecule has 0 aliphatic carbocycles. The van der Waals surface area contributed by atoms with Crippen LogP contribution in [-0.2, 0) is 20.7 Å². The molecule has 1 aromatic carbocycles. The number of ether oxygens (including phenoxy) is 2. The number of methoxy groups -OCH3 is 2. The summed E-state index contributed by atoms with van der Waals surface area (Å²) in [5, 5.41) is 10.6. The van der Waals surface area contributed by atoms with E-state index in [9.17, 15) is 14.7 Å². The van der Waals surface area contributed by atoms with Crippen molar-refractivity contribution in [2.45, 2.75) is 76.5 Å². The van der Waals surface area contributed by atoms with Gasteiger partial charge in [0.1, 0.15) is 4.88 Å². The first-order chi connectivity index (χ1) is 16.0. The zero-order chi connectivity index (χ0) is 23.8. The lowest BCUT2D eigenvalue weighted by molar-refractivity contribution is -0.117. The number of hydrogen-bond acceptors (Lipinski definition) is 6. The summed E-state index contributed by atoms with van der Waals surface area (Å²) in [5.41, 5.74) is 1.93. The predicted octanol–water partition coefficient (Wildman–Crippen LogP) is 5.29. The number of aliphatic hydroxyl groups excluding tert-OH is 1. The van der Waals surface area contributed by atoms with Gasteiger partial charge in [-0.25, -0.2) is 4.79 Å². The van der Waals surface area contributed by atoms with Crippen LogP contribution >= 0.6 is 11.3 Å². The van der Waals surface area contributed by atoms with E-state index in [1.54, 1.807) is 18.1 Å². The maximum absolute atomic E-state index is 12.7. The number of carbonyl (C=O) groups excluding carboxylic acids is 2. The molecular formula is C26H35NO5S. The number of benzene rings is 1. The molecule has 2 unspecified atom stereocenters. The molecule has 6 nitrogen and oxygen atoms in total. The number of anilines is 1. The number of aliphatic hydroxyl groups is 1. The molecule has 1 fully saturated rings. The van der Waals surface area contributed by atoms with Gasteiger partial charge in [0.2, 0.25) is 5.91 Å². The first-order valence-corrected chi connectivity index (χ1v) is 12.6. The minimum absolute atomic E-state index is 0.0458. The van der Waals surface area contributed by atoms with Crippen molar-refractivity contribution in [1.82, 2.24) is 0 Å². The fourth-order valence-electron chi connectivity index (χ4n) is 4.49. The molecule has 0 saturated carbocycles. The Bertz CT molecular complexity index is 910. The van der Waals surface area contributed by atoms with Gasteiger partial charge in [-0.05, 0) is 55.5 Å². The van der Waals surface area contributed by atoms with Gasteiger partial charge >= 0.3 is 5.97 Å². The summed E-state index contributed by atoms with van der Waals surface area (Å²) in [4.78, 5) is 27.8. The van der Waals surface area contributed by atoms with Gasteiger partial charge in [0, 0.05) is 17.7 Å². The van der Waals surface area contributed by atoms with Crippen molar-refractivity contribution in [3.05, 3.63) is 51.7 Å². The molecule has 1 amide bonds. The number of hydrogen-bond donors (Lipinski definition) is 1. The number of esters is 1. The Morgan fingerprint density at radius 3 is 2.58 bits per heavy atom. The summed E-state index contributed by atoms with van der Waals surface area (Å²) in [5.74, 6) is -0.366. The van der Waals surface area contributed by atoms with Gasteiger partial charge in [-0.15, -0.1) is 11.3 Å². The van der Waals surface area contributed by atoms with Crippen LogP contribution < -0.4 is 4.90 Å². The van der Waals surface area contributed by atoms with Crippen LogP contribution in [0.3, 0.4) is 0 Å². The third-order valence-corrected chi connectivity index (χ3v) is 7.42. The van der Waals surface area contributed by atoms with Crippen LogP contribution in [0.15, 0.2) is 36.4 Å². The lowest BCUT2D eigenvalue weighted by Gasteiger charge is -2.27. The lowest BCUT2D eigenvalue weighted by Crippen LogP contribution is -2.37. The molecule has 3 rings (SSSR count). The van der Waals surface area contributed by atoms with Gasteiger partial charge in [0.05, 0.1) is 31.8 Å². The van der Waals surface area contributed by atoms with Crippen molar-refractivity contribution >= 4 is 28.9 Å². The van der Waals surface area contributed by atoms with Crippen LogP contribution in [0.5, 0.6) is 0 Å². The monoisotopic (exact) mass is 473 g/mol. The zero-order valence-electron chi connectivity index (χ0n) is 19.8. The van der Waals surface area contributed by atoms with E-state index in [2.05, 4.69) is 6.92 Å². The Balaban J connectivity index is 1.62. The van der Waals surface area contributed by atoms with E-state index in [0.29, 0.717) is 11.3 Å². The van der Waals surface area contributed by atoms with Crippen molar-refractivity contribution in [3.8, 4) is 0 Å². The minimum atomic E-state index is -0.674. The van der Waals surface area contributed by atoms with Crippen LogP contribution in [0.2, 0.25) is 0 Å². The smallest absolute Gasteiger partial charge is 0.348 e. The Kier molecular flexibility index (Phi) is 9.47. The van der Waals surface area contributed by atoms with Gasteiger partial charge < -0.3 is 19.5 Å². The average Bonchev–Trinajstić information content (AvgIpc) is 3.40. The summed E-state index contributed by atoms with van der Waals surface area (Å²) >= 11 is 1.43. The van der Waals surface area contributed by atoms with Crippen molar-refractivity contribution in [2.75, 3.05) is 19.1 Å². The van der Waals surface area contributed by atoms with Crippen LogP contribution in [0.4, 0.5) is 5.69 Å². The number of nitrogens with zero attached hydrogens (tertiary/aromatic N) is 1. The van der Waals surface area contributed by atoms with Gasteiger partial charge in [-0.2, -0.15) is 0 Å². The molecule has 2 heterocycles. The van der Waals surface area contributed by atoms with Crippen LogP contribution in [0.25, 0.3) is 0 Å². The second-order valence-corrected chi connectivity index (χ2v) is 9.73. The number of aryl methyl sites for hydroxylation is 1. The zero-order valence-corrected chi connectivity index (χ0v) is 20.6. The van der Waals surface area contributed by atoms with Crippen LogP contribution in [-0.4, -0.2) is 43.3 Å². The van der Waals surface area contributed by atoms with E-state index in [4.69, 9.17) is 9.47 Å². The number of thiophene rings is 1. The van der Waals surface area contributed by atoms with Crippen LogP contribution in [0.1, 0.15) is 78.1 Å². The average molecular weight is 474 g/mol. The quantitative estimate of drug-likeness (QED) is 0.335. The first kappa shape index (κ1) is 25.4. The fourth-order valence-corrected chi connectivity index (χ4v) is 5.45. The number of amides is 1. The molecule has 0 bridgehead atoms. The van der Waals surface area contributed by atoms with Gasteiger partial charge in [0.25, 0.3) is 0 Å². The largest absolute Gasteiger partial charge is 0.465 e. The molecule has 1 aromatic heterocycles. The van der Waals surface area contributed by atoms with Crippen molar-refractivity contribution in [2.24, 2.45) is 0 Å². The molecule has 2 aromatic rings. The molecule has 1 aliphatic rings. The Labute approximate surface area is 200 Å². The van der Waals surface area contributed by atoms with Gasteiger partial charge in [0.15, 0.2) is 0 Å². The van der Waals surface area contributed by atoms with E-state index in [0.717, 1.165) is 41.8 Å². The molecule has 33 heavy (non-hydrogen) atoms. The molecule has 7 heteroatoms. The Hall–Kier alpha value is -2.22. The molecule has 1 saturated heterocycles. The Morgan fingerprint density at radius 1 is 1.15 bits per heavy atom. The molecule has 1 N–H and O–H groups in total. The summed E-state index contributed by atoms with van der Waals surface area (Å²) in [6.07, 6.45) is 6.30. The predicted molar refractivity (Wildman–Crippen MR) is 131 cm³/mol. The highest BCUT2D eigenvalue weighted by atomic mass is 32.1. The highest BCUT2D eigenvalue weighted by molar-refractivity contribution is 7.13. The Morgan fingerprint density at radius 2 is 1.91 bits per heavy atom. The van der Waals surface area contributed by atoms with E-state index < -0.39 is 6.10 Å². The van der Waals surface area contributed by atoms with Crippen molar-refractivity contribution in [3.63, 3.8) is 0 Å². The normalized spacial score (nSPS) is 19.2. The van der Waals surface area contributed by atoms with Crippen LogP contribution in [0, 0.1) is 0 Å². The molecule has 3 atom stereocenters.